The Morgan fingerprint density at radius 3 is 2.44 bits per heavy atom. The minimum absolute atomic E-state index is 0.160. The first-order valence-corrected chi connectivity index (χ1v) is 6.37. The zero-order valence-corrected chi connectivity index (χ0v) is 11.8. The normalized spacial score (nSPS) is 10.2. The molecule has 1 heterocycles. The number of nitrogens with zero attached hydrogens (tertiary/aromatic N) is 1. The summed E-state index contributed by atoms with van der Waals surface area (Å²) in [6.07, 6.45) is 1.64. The monoisotopic (exact) mass is 304 g/mol. The van der Waals surface area contributed by atoms with Crippen LogP contribution < -0.4 is 5.32 Å². The average Bonchev–Trinajstić information content (AvgIpc) is 2.34. The first kappa shape index (κ1) is 12.8. The zero-order valence-electron chi connectivity index (χ0n) is 10.2. The first-order valence-electron chi connectivity index (χ1n) is 5.57. The molecule has 1 N–H and O–H groups in total. The predicted octanol–water partition coefficient (Wildman–Crippen LogP) is 3.71. The molecule has 0 bridgehead atoms. The van der Waals surface area contributed by atoms with Gasteiger partial charge >= 0.3 is 0 Å². The molecule has 4 heteroatoms. The Balaban J connectivity index is 2.30. The Bertz CT molecular complexity index is 576. The summed E-state index contributed by atoms with van der Waals surface area (Å²) in [7, 11) is 0. The molecule has 0 unspecified atom stereocenters. The fraction of sp³-hybridized carbons (Fsp3) is 0.143. The first-order chi connectivity index (χ1) is 8.59. The molecule has 0 fully saturated rings. The average molecular weight is 305 g/mol. The van der Waals surface area contributed by atoms with Crippen LogP contribution in [0.25, 0.3) is 0 Å². The number of anilines is 1. The number of aromatic nitrogens is 1. The second-order valence-electron chi connectivity index (χ2n) is 4.06. The van der Waals surface area contributed by atoms with E-state index in [9.17, 15) is 4.79 Å². The summed E-state index contributed by atoms with van der Waals surface area (Å²) >= 11 is 3.28. The highest BCUT2D eigenvalue weighted by Gasteiger charge is 2.12. The number of halogens is 1. The van der Waals surface area contributed by atoms with Gasteiger partial charge in [0.15, 0.2) is 0 Å². The number of pyridine rings is 1. The third-order valence-corrected chi connectivity index (χ3v) is 3.36. The highest BCUT2D eigenvalue weighted by Crippen LogP contribution is 2.21. The van der Waals surface area contributed by atoms with Crippen LogP contribution in [0.5, 0.6) is 0 Å². The van der Waals surface area contributed by atoms with E-state index in [4.69, 9.17) is 0 Å². The minimum atomic E-state index is -0.160. The molecular formula is C14H13BrN2O. The lowest BCUT2D eigenvalue weighted by atomic mass is 10.1. The summed E-state index contributed by atoms with van der Waals surface area (Å²) < 4.78 is 0.550. The molecule has 1 aromatic carbocycles. The molecule has 1 amide bonds. The molecular weight excluding hydrogens is 292 g/mol. The fourth-order valence-electron chi connectivity index (χ4n) is 1.75. The largest absolute Gasteiger partial charge is 0.321 e. The van der Waals surface area contributed by atoms with E-state index in [0.29, 0.717) is 10.2 Å². The Hall–Kier alpha value is -1.68. The van der Waals surface area contributed by atoms with Crippen LogP contribution in [0.3, 0.4) is 0 Å². The van der Waals surface area contributed by atoms with Crippen molar-refractivity contribution in [2.24, 2.45) is 0 Å². The van der Waals surface area contributed by atoms with Crippen molar-refractivity contribution in [3.05, 3.63) is 57.8 Å². The van der Waals surface area contributed by atoms with E-state index in [-0.39, 0.29) is 5.91 Å². The maximum atomic E-state index is 12.2. The van der Waals surface area contributed by atoms with Crippen molar-refractivity contribution >= 4 is 27.5 Å². The number of aryl methyl sites for hydroxylation is 2. The van der Waals surface area contributed by atoms with E-state index in [1.807, 2.05) is 32.0 Å². The number of benzene rings is 1. The minimum Gasteiger partial charge on any atom is -0.321 e. The van der Waals surface area contributed by atoms with Gasteiger partial charge in [-0.05, 0) is 53.0 Å². The number of carbonyl (C=O) groups excluding carboxylic acids is 1. The molecule has 0 saturated carbocycles. The molecule has 18 heavy (non-hydrogen) atoms. The summed E-state index contributed by atoms with van der Waals surface area (Å²) in [5.41, 5.74) is 3.48. The number of hydrogen-bond acceptors (Lipinski definition) is 2. The van der Waals surface area contributed by atoms with Crippen molar-refractivity contribution in [1.29, 1.82) is 0 Å². The Morgan fingerprint density at radius 2 is 1.83 bits per heavy atom. The molecule has 1 aromatic heterocycles. The molecule has 0 saturated heterocycles. The predicted molar refractivity (Wildman–Crippen MR) is 75.8 cm³/mol. The van der Waals surface area contributed by atoms with E-state index in [1.165, 1.54) is 0 Å². The van der Waals surface area contributed by atoms with Gasteiger partial charge in [0.2, 0.25) is 0 Å². The van der Waals surface area contributed by atoms with Gasteiger partial charge in [0, 0.05) is 11.9 Å². The highest BCUT2D eigenvalue weighted by molar-refractivity contribution is 9.10. The third kappa shape index (κ3) is 2.59. The summed E-state index contributed by atoms with van der Waals surface area (Å²) in [4.78, 5) is 16.2. The topological polar surface area (TPSA) is 42.0 Å². The van der Waals surface area contributed by atoms with Crippen molar-refractivity contribution in [3.63, 3.8) is 0 Å². The van der Waals surface area contributed by atoms with E-state index in [1.54, 1.807) is 18.3 Å². The van der Waals surface area contributed by atoms with Crippen molar-refractivity contribution in [2.75, 3.05) is 5.32 Å². The van der Waals surface area contributed by atoms with Crippen LogP contribution in [-0.4, -0.2) is 10.9 Å². The molecule has 2 aromatic rings. The molecule has 92 valence electrons. The SMILES string of the molecule is Cc1cccc(C)c1NC(=O)c1cccnc1Br. The lowest BCUT2D eigenvalue weighted by Gasteiger charge is -2.11. The van der Waals surface area contributed by atoms with Crippen molar-refractivity contribution < 1.29 is 4.79 Å². The van der Waals surface area contributed by atoms with Gasteiger partial charge in [0.1, 0.15) is 4.60 Å². The number of para-hydroxylation sites is 1. The van der Waals surface area contributed by atoms with Gasteiger partial charge in [0.05, 0.1) is 5.56 Å². The lowest BCUT2D eigenvalue weighted by molar-refractivity contribution is 0.102. The molecule has 0 spiro atoms. The van der Waals surface area contributed by atoms with Crippen LogP contribution in [-0.2, 0) is 0 Å². The summed E-state index contributed by atoms with van der Waals surface area (Å²) in [5.74, 6) is -0.160. The van der Waals surface area contributed by atoms with E-state index >= 15 is 0 Å². The van der Waals surface area contributed by atoms with Gasteiger partial charge < -0.3 is 5.32 Å². The molecule has 0 aliphatic carbocycles. The van der Waals surface area contributed by atoms with Crippen LogP contribution in [0.4, 0.5) is 5.69 Å². The number of hydrogen-bond donors (Lipinski definition) is 1. The maximum absolute atomic E-state index is 12.2. The van der Waals surface area contributed by atoms with Gasteiger partial charge in [0.25, 0.3) is 5.91 Å². The Kier molecular flexibility index (Phi) is 3.77. The summed E-state index contributed by atoms with van der Waals surface area (Å²) in [6, 6.07) is 9.40. The Morgan fingerprint density at radius 1 is 1.17 bits per heavy atom. The van der Waals surface area contributed by atoms with Crippen LogP contribution in [0.1, 0.15) is 21.5 Å². The molecule has 3 nitrogen and oxygen atoms in total. The van der Waals surface area contributed by atoms with Gasteiger partial charge in [-0.3, -0.25) is 4.79 Å². The van der Waals surface area contributed by atoms with E-state index in [2.05, 4.69) is 26.2 Å². The molecule has 0 radical (unpaired) electrons. The van der Waals surface area contributed by atoms with Crippen molar-refractivity contribution in [2.45, 2.75) is 13.8 Å². The highest BCUT2D eigenvalue weighted by atomic mass is 79.9. The molecule has 2 rings (SSSR count). The zero-order chi connectivity index (χ0) is 13.1. The van der Waals surface area contributed by atoms with E-state index in [0.717, 1.165) is 16.8 Å². The smallest absolute Gasteiger partial charge is 0.258 e. The number of carbonyl (C=O) groups is 1. The summed E-state index contributed by atoms with van der Waals surface area (Å²) in [6.45, 7) is 3.95. The lowest BCUT2D eigenvalue weighted by Crippen LogP contribution is -2.14. The van der Waals surface area contributed by atoms with E-state index < -0.39 is 0 Å². The number of nitrogens with one attached hydrogen (secondary N) is 1. The Labute approximate surface area is 114 Å². The third-order valence-electron chi connectivity index (χ3n) is 2.72. The van der Waals surface area contributed by atoms with Crippen molar-refractivity contribution in [1.82, 2.24) is 4.98 Å². The summed E-state index contributed by atoms with van der Waals surface area (Å²) in [5, 5.41) is 2.93. The fourth-order valence-corrected chi connectivity index (χ4v) is 2.18. The van der Waals surface area contributed by atoms with Crippen molar-refractivity contribution in [3.8, 4) is 0 Å². The van der Waals surface area contributed by atoms with Gasteiger partial charge in [-0.2, -0.15) is 0 Å². The van der Waals surface area contributed by atoms with Gasteiger partial charge in [-0.25, -0.2) is 4.98 Å². The van der Waals surface area contributed by atoms with Crippen LogP contribution in [0, 0.1) is 13.8 Å². The molecule has 0 aliphatic heterocycles. The second kappa shape index (κ2) is 5.31. The van der Waals surface area contributed by atoms with Crippen LogP contribution >= 0.6 is 15.9 Å². The van der Waals surface area contributed by atoms with Gasteiger partial charge in [-0.1, -0.05) is 18.2 Å². The molecule has 0 aliphatic rings. The number of rotatable bonds is 2. The number of amides is 1. The second-order valence-corrected chi connectivity index (χ2v) is 4.81. The van der Waals surface area contributed by atoms with Crippen LogP contribution in [0.15, 0.2) is 41.1 Å². The standard InChI is InChI=1S/C14H13BrN2O/c1-9-5-3-6-10(2)12(9)17-14(18)11-7-4-8-16-13(11)15/h3-8H,1-2H3,(H,17,18). The maximum Gasteiger partial charge on any atom is 0.258 e. The van der Waals surface area contributed by atoms with Gasteiger partial charge in [-0.15, -0.1) is 0 Å². The van der Waals surface area contributed by atoms with Crippen LogP contribution in [0.2, 0.25) is 0 Å². The quantitative estimate of drug-likeness (QED) is 0.859. The molecule has 0 atom stereocenters.